The number of aryl methyl sites for hydroxylation is 1. The summed E-state index contributed by atoms with van der Waals surface area (Å²) in [6.45, 7) is 4.77. The molecule has 0 radical (unpaired) electrons. The van der Waals surface area contributed by atoms with Gasteiger partial charge in [0.05, 0.1) is 6.04 Å². The lowest BCUT2D eigenvalue weighted by molar-refractivity contribution is -0.135. The maximum Gasteiger partial charge on any atom is 0.245 e. The normalized spacial score (nSPS) is 19.7. The van der Waals surface area contributed by atoms with Gasteiger partial charge in [0.2, 0.25) is 11.8 Å². The van der Waals surface area contributed by atoms with Gasteiger partial charge in [0.15, 0.2) is 0 Å². The molecule has 5 nitrogen and oxygen atoms in total. The molecule has 2 aliphatic rings. The van der Waals surface area contributed by atoms with Crippen LogP contribution in [0.2, 0.25) is 5.02 Å². The molecule has 1 aliphatic carbocycles. The van der Waals surface area contributed by atoms with Crippen LogP contribution < -0.4 is 5.32 Å². The number of nitrogens with zero attached hydrogens (tertiary/aromatic N) is 1. The number of H-pyrrole nitrogens is 1. The van der Waals surface area contributed by atoms with Gasteiger partial charge >= 0.3 is 0 Å². The molecule has 2 N–H and O–H groups in total. The summed E-state index contributed by atoms with van der Waals surface area (Å²) in [4.78, 5) is 29.1. The van der Waals surface area contributed by atoms with Gasteiger partial charge in [0.25, 0.3) is 0 Å². The maximum absolute atomic E-state index is 12.5. The maximum atomic E-state index is 12.5. The van der Waals surface area contributed by atoms with E-state index in [1.54, 1.807) is 4.90 Å². The summed E-state index contributed by atoms with van der Waals surface area (Å²) in [5.74, 6) is 0.231. The van der Waals surface area contributed by atoms with Crippen molar-refractivity contribution in [3.8, 4) is 0 Å². The third-order valence-corrected chi connectivity index (χ3v) is 5.66. The molecule has 1 unspecified atom stereocenters. The van der Waals surface area contributed by atoms with Crippen molar-refractivity contribution in [2.24, 2.45) is 5.92 Å². The summed E-state index contributed by atoms with van der Waals surface area (Å²) >= 11 is 6.15. The van der Waals surface area contributed by atoms with Crippen molar-refractivity contribution < 1.29 is 9.59 Å². The molecule has 2 aromatic rings. The van der Waals surface area contributed by atoms with Crippen molar-refractivity contribution in [1.29, 1.82) is 0 Å². The van der Waals surface area contributed by atoms with Gasteiger partial charge in [-0.05, 0) is 49.1 Å². The van der Waals surface area contributed by atoms with Crippen LogP contribution in [0.15, 0.2) is 30.9 Å². The molecule has 6 heteroatoms. The zero-order chi connectivity index (χ0) is 18.3. The van der Waals surface area contributed by atoms with Gasteiger partial charge in [0.1, 0.15) is 0 Å². The molecule has 0 spiro atoms. The topological polar surface area (TPSA) is 65.2 Å². The SMILES string of the molecule is C=CC(=O)N1CC(CC(=O)NC2CCCc3c2[nH]c2ccc(Cl)cc32)C1. The highest BCUT2D eigenvalue weighted by molar-refractivity contribution is 6.31. The van der Waals surface area contributed by atoms with Gasteiger partial charge in [-0.1, -0.05) is 18.2 Å². The molecule has 2 heterocycles. The summed E-state index contributed by atoms with van der Waals surface area (Å²) in [6.07, 6.45) is 4.76. The molecule has 1 atom stereocenters. The molecular formula is C20H22ClN3O2. The summed E-state index contributed by atoms with van der Waals surface area (Å²) in [5.41, 5.74) is 3.45. The summed E-state index contributed by atoms with van der Waals surface area (Å²) in [5, 5.41) is 5.07. The first-order valence-electron chi connectivity index (χ1n) is 9.06. The Labute approximate surface area is 157 Å². The van der Waals surface area contributed by atoms with Crippen LogP contribution in [0.3, 0.4) is 0 Å². The Balaban J connectivity index is 1.42. The number of benzene rings is 1. The number of carbonyl (C=O) groups excluding carboxylic acids is 2. The van der Waals surface area contributed by atoms with E-state index >= 15 is 0 Å². The number of aromatic amines is 1. The zero-order valence-corrected chi connectivity index (χ0v) is 15.3. The van der Waals surface area contributed by atoms with Crippen molar-refractivity contribution >= 4 is 34.3 Å². The van der Waals surface area contributed by atoms with E-state index in [0.717, 1.165) is 40.9 Å². The first-order chi connectivity index (χ1) is 12.5. The number of carbonyl (C=O) groups is 2. The van der Waals surface area contributed by atoms with Gasteiger partial charge in [-0.25, -0.2) is 0 Å². The number of aromatic nitrogens is 1. The standard InChI is InChI=1S/C20H22ClN3O2/c1-2-19(26)24-10-12(11-24)8-18(25)22-17-5-3-4-14-15-9-13(21)6-7-16(15)23-20(14)17/h2,6-7,9,12,17,23H,1,3-5,8,10-11H2,(H,22,25). The first kappa shape index (κ1) is 17.2. The molecule has 1 saturated heterocycles. The van der Waals surface area contributed by atoms with E-state index < -0.39 is 0 Å². The fourth-order valence-corrected chi connectivity index (χ4v) is 4.27. The van der Waals surface area contributed by atoms with Gasteiger partial charge in [-0.3, -0.25) is 9.59 Å². The van der Waals surface area contributed by atoms with Gasteiger partial charge < -0.3 is 15.2 Å². The van der Waals surface area contributed by atoms with E-state index in [1.807, 2.05) is 18.2 Å². The summed E-state index contributed by atoms with van der Waals surface area (Å²) in [6, 6.07) is 5.89. The number of fused-ring (bicyclic) bond motifs is 3. The molecule has 26 heavy (non-hydrogen) atoms. The van der Waals surface area contributed by atoms with Crippen molar-refractivity contribution in [1.82, 2.24) is 15.2 Å². The monoisotopic (exact) mass is 371 g/mol. The summed E-state index contributed by atoms with van der Waals surface area (Å²) < 4.78 is 0. The van der Waals surface area contributed by atoms with Gasteiger partial charge in [-0.15, -0.1) is 0 Å². The number of amides is 2. The van der Waals surface area contributed by atoms with Crippen LogP contribution in [0.4, 0.5) is 0 Å². The molecule has 0 saturated carbocycles. The Bertz CT molecular complexity index is 883. The van der Waals surface area contributed by atoms with Gasteiger partial charge in [-0.2, -0.15) is 0 Å². The first-order valence-corrected chi connectivity index (χ1v) is 9.43. The number of halogens is 1. The Morgan fingerprint density at radius 3 is 2.96 bits per heavy atom. The van der Waals surface area contributed by atoms with Crippen LogP contribution in [0, 0.1) is 5.92 Å². The number of rotatable bonds is 4. The second-order valence-electron chi connectivity index (χ2n) is 7.24. The second kappa shape index (κ2) is 6.80. The van der Waals surface area contributed by atoms with Crippen LogP contribution in [-0.4, -0.2) is 34.8 Å². The van der Waals surface area contributed by atoms with Crippen LogP contribution in [0.1, 0.15) is 36.6 Å². The largest absolute Gasteiger partial charge is 0.356 e. The molecule has 1 aromatic carbocycles. The number of hydrogen-bond donors (Lipinski definition) is 2. The van der Waals surface area contributed by atoms with Crippen LogP contribution >= 0.6 is 11.6 Å². The van der Waals surface area contributed by atoms with E-state index in [0.29, 0.717) is 19.5 Å². The van der Waals surface area contributed by atoms with E-state index in [2.05, 4.69) is 16.9 Å². The lowest BCUT2D eigenvalue weighted by Gasteiger charge is -2.38. The third kappa shape index (κ3) is 3.12. The van der Waals surface area contributed by atoms with Crippen molar-refractivity contribution in [2.45, 2.75) is 31.7 Å². The van der Waals surface area contributed by atoms with E-state index in [4.69, 9.17) is 11.6 Å². The van der Waals surface area contributed by atoms with Crippen LogP contribution in [0.25, 0.3) is 10.9 Å². The predicted molar refractivity (Wildman–Crippen MR) is 102 cm³/mol. The number of nitrogens with one attached hydrogen (secondary N) is 2. The molecule has 1 fully saturated rings. The van der Waals surface area contributed by atoms with E-state index in [-0.39, 0.29) is 23.8 Å². The minimum absolute atomic E-state index is 0.0170. The highest BCUT2D eigenvalue weighted by Crippen LogP contribution is 2.36. The van der Waals surface area contributed by atoms with E-state index in [1.165, 1.54) is 11.6 Å². The molecule has 0 bridgehead atoms. The average molecular weight is 372 g/mol. The average Bonchev–Trinajstić information content (AvgIpc) is 2.96. The lowest BCUT2D eigenvalue weighted by Crippen LogP contribution is -2.50. The third-order valence-electron chi connectivity index (χ3n) is 5.42. The van der Waals surface area contributed by atoms with Crippen molar-refractivity contribution in [3.63, 3.8) is 0 Å². The number of likely N-dealkylation sites (tertiary alicyclic amines) is 1. The Morgan fingerprint density at radius 1 is 1.38 bits per heavy atom. The molecule has 1 aliphatic heterocycles. The van der Waals surface area contributed by atoms with E-state index in [9.17, 15) is 9.59 Å². The van der Waals surface area contributed by atoms with Crippen LogP contribution in [-0.2, 0) is 16.0 Å². The number of hydrogen-bond acceptors (Lipinski definition) is 2. The quantitative estimate of drug-likeness (QED) is 0.809. The Hall–Kier alpha value is -2.27. The van der Waals surface area contributed by atoms with Crippen LogP contribution in [0.5, 0.6) is 0 Å². The molecule has 136 valence electrons. The summed E-state index contributed by atoms with van der Waals surface area (Å²) in [7, 11) is 0. The second-order valence-corrected chi connectivity index (χ2v) is 7.67. The minimum Gasteiger partial charge on any atom is -0.356 e. The Morgan fingerprint density at radius 2 is 2.19 bits per heavy atom. The Kier molecular flexibility index (Phi) is 4.49. The van der Waals surface area contributed by atoms with Crippen molar-refractivity contribution in [2.75, 3.05) is 13.1 Å². The van der Waals surface area contributed by atoms with Crippen molar-refractivity contribution in [3.05, 3.63) is 47.1 Å². The smallest absolute Gasteiger partial charge is 0.245 e. The van der Waals surface area contributed by atoms with Gasteiger partial charge in [0, 0.05) is 47.0 Å². The predicted octanol–water partition coefficient (Wildman–Crippen LogP) is 3.35. The molecule has 1 aromatic heterocycles. The fraction of sp³-hybridized carbons (Fsp3) is 0.400. The zero-order valence-electron chi connectivity index (χ0n) is 14.6. The molecular weight excluding hydrogens is 350 g/mol. The highest BCUT2D eigenvalue weighted by Gasteiger charge is 2.32. The lowest BCUT2D eigenvalue weighted by atomic mass is 9.91. The minimum atomic E-state index is -0.0599. The highest BCUT2D eigenvalue weighted by atomic mass is 35.5. The molecule has 4 rings (SSSR count). The fourth-order valence-electron chi connectivity index (χ4n) is 4.10. The molecule has 2 amide bonds.